The summed E-state index contributed by atoms with van der Waals surface area (Å²) in [7, 11) is 0. The van der Waals surface area contributed by atoms with Gasteiger partial charge in [-0.3, -0.25) is 0 Å². The highest BCUT2D eigenvalue weighted by Crippen LogP contribution is 2.27. The molecule has 1 aromatic carbocycles. The maximum atomic E-state index is 5.48. The van der Waals surface area contributed by atoms with Crippen molar-refractivity contribution in [2.75, 3.05) is 0 Å². The Morgan fingerprint density at radius 3 is 2.14 bits per heavy atom. The molecule has 0 radical (unpaired) electrons. The molecule has 0 spiro atoms. The summed E-state index contributed by atoms with van der Waals surface area (Å²) in [6.07, 6.45) is 5.48. The molecular formula is C14H18. The van der Waals surface area contributed by atoms with Crippen LogP contribution in [0.2, 0.25) is 0 Å². The van der Waals surface area contributed by atoms with Gasteiger partial charge in [0, 0.05) is 5.92 Å². The van der Waals surface area contributed by atoms with Crippen LogP contribution >= 0.6 is 0 Å². The smallest absolute Gasteiger partial charge is 0.0426 e. The Hall–Kier alpha value is -1.22. The Kier molecular flexibility index (Phi) is 3.01. The maximum absolute atomic E-state index is 5.48. The predicted octanol–water partition coefficient (Wildman–Crippen LogP) is 3.66. The first-order valence-electron chi connectivity index (χ1n) is 5.02. The number of hydrogen-bond acceptors (Lipinski definition) is 0. The second-order valence-electron chi connectivity index (χ2n) is 4.06. The molecule has 0 aliphatic heterocycles. The molecule has 0 heteroatoms. The summed E-state index contributed by atoms with van der Waals surface area (Å²) in [5.41, 5.74) is 6.72. The van der Waals surface area contributed by atoms with E-state index in [4.69, 9.17) is 6.42 Å². The lowest BCUT2D eigenvalue weighted by Crippen LogP contribution is -2.01. The third-order valence-corrected chi connectivity index (χ3v) is 3.10. The van der Waals surface area contributed by atoms with Crippen molar-refractivity contribution in [2.45, 2.75) is 40.5 Å². The minimum absolute atomic E-state index is 0.217. The van der Waals surface area contributed by atoms with Crippen molar-refractivity contribution in [2.24, 2.45) is 0 Å². The molecule has 0 aliphatic carbocycles. The molecule has 1 atom stereocenters. The van der Waals surface area contributed by atoms with Crippen LogP contribution in [0.4, 0.5) is 0 Å². The van der Waals surface area contributed by atoms with Gasteiger partial charge in [-0.15, -0.1) is 6.42 Å². The molecule has 0 N–H and O–H groups in total. The van der Waals surface area contributed by atoms with E-state index in [2.05, 4.69) is 46.6 Å². The first-order chi connectivity index (χ1) is 6.49. The minimum Gasteiger partial charge on any atom is -0.119 e. The molecule has 14 heavy (non-hydrogen) atoms. The van der Waals surface area contributed by atoms with Crippen LogP contribution in [-0.4, -0.2) is 0 Å². The normalized spacial score (nSPS) is 12.3. The molecule has 0 bridgehead atoms. The lowest BCUT2D eigenvalue weighted by molar-refractivity contribution is 0.959. The van der Waals surface area contributed by atoms with Crippen LogP contribution < -0.4 is 0 Å². The molecule has 0 nitrogen and oxygen atoms in total. The first-order valence-corrected chi connectivity index (χ1v) is 5.02. The monoisotopic (exact) mass is 186 g/mol. The van der Waals surface area contributed by atoms with E-state index in [1.165, 1.54) is 27.8 Å². The van der Waals surface area contributed by atoms with E-state index in [1.54, 1.807) is 0 Å². The van der Waals surface area contributed by atoms with Crippen molar-refractivity contribution < 1.29 is 0 Å². The predicted molar refractivity (Wildman–Crippen MR) is 62.6 cm³/mol. The number of terminal acetylenes is 1. The van der Waals surface area contributed by atoms with Crippen molar-refractivity contribution in [1.29, 1.82) is 0 Å². The third kappa shape index (κ3) is 1.68. The van der Waals surface area contributed by atoms with E-state index < -0.39 is 0 Å². The summed E-state index contributed by atoms with van der Waals surface area (Å²) in [6, 6.07) is 2.23. The minimum atomic E-state index is 0.217. The molecule has 0 aliphatic rings. The van der Waals surface area contributed by atoms with Crippen LogP contribution in [0.25, 0.3) is 0 Å². The molecule has 0 saturated heterocycles. The Labute approximate surface area is 87.4 Å². The van der Waals surface area contributed by atoms with E-state index >= 15 is 0 Å². The van der Waals surface area contributed by atoms with Gasteiger partial charge in [0.15, 0.2) is 0 Å². The van der Waals surface area contributed by atoms with Crippen molar-refractivity contribution in [3.05, 3.63) is 33.9 Å². The summed E-state index contributed by atoms with van der Waals surface area (Å²) in [5.74, 6) is 3.03. The Balaban J connectivity index is 3.45. The van der Waals surface area contributed by atoms with Gasteiger partial charge in [-0.25, -0.2) is 0 Å². The highest BCUT2D eigenvalue weighted by atomic mass is 14.2. The van der Waals surface area contributed by atoms with Crippen LogP contribution in [0.5, 0.6) is 0 Å². The number of benzene rings is 1. The third-order valence-electron chi connectivity index (χ3n) is 3.10. The van der Waals surface area contributed by atoms with Gasteiger partial charge in [0.1, 0.15) is 0 Å². The molecule has 1 unspecified atom stereocenters. The van der Waals surface area contributed by atoms with E-state index in [9.17, 15) is 0 Å². The van der Waals surface area contributed by atoms with Gasteiger partial charge < -0.3 is 0 Å². The first kappa shape index (κ1) is 10.9. The van der Waals surface area contributed by atoms with Gasteiger partial charge in [-0.2, -0.15) is 0 Å². The lowest BCUT2D eigenvalue weighted by Gasteiger charge is -2.17. The molecular weight excluding hydrogens is 168 g/mol. The molecule has 0 amide bonds. The van der Waals surface area contributed by atoms with Crippen molar-refractivity contribution in [3.8, 4) is 12.3 Å². The average molecular weight is 186 g/mol. The van der Waals surface area contributed by atoms with Gasteiger partial charge in [0.25, 0.3) is 0 Å². The van der Waals surface area contributed by atoms with Gasteiger partial charge in [-0.1, -0.05) is 12.0 Å². The topological polar surface area (TPSA) is 0 Å². The Bertz CT molecular complexity index is 391. The molecule has 0 heterocycles. The fraction of sp³-hybridized carbons (Fsp3) is 0.429. The van der Waals surface area contributed by atoms with Crippen molar-refractivity contribution in [3.63, 3.8) is 0 Å². The molecule has 1 aromatic rings. The molecule has 0 fully saturated rings. The van der Waals surface area contributed by atoms with Crippen LogP contribution in [0.1, 0.15) is 40.7 Å². The van der Waals surface area contributed by atoms with Crippen molar-refractivity contribution >= 4 is 0 Å². The fourth-order valence-corrected chi connectivity index (χ4v) is 2.05. The Morgan fingerprint density at radius 1 is 1.07 bits per heavy atom. The van der Waals surface area contributed by atoms with E-state index in [-0.39, 0.29) is 5.92 Å². The number of aryl methyl sites for hydroxylation is 2. The van der Waals surface area contributed by atoms with Crippen LogP contribution in [-0.2, 0) is 0 Å². The highest BCUT2D eigenvalue weighted by Gasteiger charge is 2.12. The molecule has 74 valence electrons. The summed E-state index contributed by atoms with van der Waals surface area (Å²) >= 11 is 0. The average Bonchev–Trinajstić information content (AvgIpc) is 2.14. The fourth-order valence-electron chi connectivity index (χ4n) is 2.05. The largest absolute Gasteiger partial charge is 0.119 e. The van der Waals surface area contributed by atoms with Crippen LogP contribution in [0.3, 0.4) is 0 Å². The van der Waals surface area contributed by atoms with Crippen LogP contribution in [0, 0.1) is 40.0 Å². The summed E-state index contributed by atoms with van der Waals surface area (Å²) < 4.78 is 0. The maximum Gasteiger partial charge on any atom is 0.0426 e. The molecule has 0 saturated carbocycles. The quantitative estimate of drug-likeness (QED) is 0.587. The second-order valence-corrected chi connectivity index (χ2v) is 4.06. The van der Waals surface area contributed by atoms with Gasteiger partial charge >= 0.3 is 0 Å². The van der Waals surface area contributed by atoms with Gasteiger partial charge in [0.05, 0.1) is 0 Å². The van der Waals surface area contributed by atoms with Crippen molar-refractivity contribution in [1.82, 2.24) is 0 Å². The Morgan fingerprint density at radius 2 is 1.64 bits per heavy atom. The zero-order valence-corrected chi connectivity index (χ0v) is 9.73. The highest BCUT2D eigenvalue weighted by molar-refractivity contribution is 5.47. The zero-order chi connectivity index (χ0) is 10.9. The SMILES string of the molecule is C#CC(C)c1c(C)cc(C)c(C)c1C. The summed E-state index contributed by atoms with van der Waals surface area (Å²) in [5, 5.41) is 0. The number of hydrogen-bond donors (Lipinski definition) is 0. The van der Waals surface area contributed by atoms with Gasteiger partial charge in [0.2, 0.25) is 0 Å². The summed E-state index contributed by atoms with van der Waals surface area (Å²) in [4.78, 5) is 0. The van der Waals surface area contributed by atoms with E-state index in [1.807, 2.05) is 0 Å². The molecule has 0 aromatic heterocycles. The van der Waals surface area contributed by atoms with E-state index in [0.29, 0.717) is 0 Å². The summed E-state index contributed by atoms with van der Waals surface area (Å²) in [6.45, 7) is 10.7. The number of rotatable bonds is 1. The van der Waals surface area contributed by atoms with Crippen LogP contribution in [0.15, 0.2) is 6.07 Å². The molecule has 1 rings (SSSR count). The standard InChI is InChI=1S/C14H18/c1-7-9(2)14-11(4)8-10(3)12(5)13(14)6/h1,8-9H,2-6H3. The second kappa shape index (κ2) is 3.88. The van der Waals surface area contributed by atoms with Gasteiger partial charge in [-0.05, 0) is 62.4 Å². The zero-order valence-electron chi connectivity index (χ0n) is 9.73. The lowest BCUT2D eigenvalue weighted by atomic mass is 9.88. The van der Waals surface area contributed by atoms with E-state index in [0.717, 1.165) is 0 Å².